The first-order valence-electron chi connectivity index (χ1n) is 26.1. The summed E-state index contributed by atoms with van der Waals surface area (Å²) in [5.41, 5.74) is 8.72. The van der Waals surface area contributed by atoms with Crippen molar-refractivity contribution in [3.05, 3.63) is 116 Å². The Bertz CT molecular complexity index is 2960. The zero-order valence-electron chi connectivity index (χ0n) is 45.0. The molecule has 4 amide bonds. The average Bonchev–Trinajstić information content (AvgIpc) is 4.01. The lowest BCUT2D eigenvalue weighted by Crippen LogP contribution is -2.50. The lowest BCUT2D eigenvalue weighted by Gasteiger charge is -2.35. The van der Waals surface area contributed by atoms with Crippen molar-refractivity contribution in [3.8, 4) is 21.6 Å². The number of β-amino-alcohol motifs (C(OH)–C–C–N with tert-alkyl or cyclic N) is 1. The molecule has 0 unspecified atom stereocenters. The molecule has 3 atom stereocenters. The van der Waals surface area contributed by atoms with E-state index in [0.717, 1.165) is 76.1 Å². The maximum absolute atomic E-state index is 14.2. The SMILES string of the molecule is Cc1cc(C)c(CNC(=O)c2cc(-c3ccc(N4CCN(CCNC(=O)CCC(=O)C[C@H](C(=O)N5C[C@H](O)C[C@H]5C(=O)NCc5ccc(-c6scnc6C)cc5)C(C)(C)C)CC4)nc3)cc(NC(C)C)c2C=N)c(=O)[nH]1. The van der Waals surface area contributed by atoms with Gasteiger partial charge in [-0.1, -0.05) is 45.0 Å². The van der Waals surface area contributed by atoms with Crippen molar-refractivity contribution in [1.29, 1.82) is 5.41 Å². The number of likely N-dealkylation sites (tertiary alicyclic amines) is 1. The second kappa shape index (κ2) is 25.2. The van der Waals surface area contributed by atoms with Gasteiger partial charge in [-0.3, -0.25) is 33.7 Å². The molecule has 2 aliphatic heterocycles. The number of carbonyl (C=O) groups excluding carboxylic acids is 5. The number of hydrogen-bond donors (Lipinski definition) is 7. The summed E-state index contributed by atoms with van der Waals surface area (Å²) in [5, 5.41) is 31.0. The van der Waals surface area contributed by atoms with Crippen LogP contribution in [0.1, 0.15) is 104 Å². The van der Waals surface area contributed by atoms with E-state index < -0.39 is 29.4 Å². The van der Waals surface area contributed by atoms with E-state index >= 15 is 0 Å². The second-order valence-electron chi connectivity index (χ2n) is 21.4. The molecule has 0 spiro atoms. The van der Waals surface area contributed by atoms with E-state index in [1.807, 2.05) is 109 Å². The summed E-state index contributed by atoms with van der Waals surface area (Å²) >= 11 is 1.57. The summed E-state index contributed by atoms with van der Waals surface area (Å²) in [7, 11) is 0. The lowest BCUT2D eigenvalue weighted by atomic mass is 9.76. The van der Waals surface area contributed by atoms with Crippen LogP contribution in [0.5, 0.6) is 0 Å². The minimum Gasteiger partial charge on any atom is -0.391 e. The zero-order valence-corrected chi connectivity index (χ0v) is 45.8. The van der Waals surface area contributed by atoms with Crippen LogP contribution in [0, 0.1) is 37.5 Å². The highest BCUT2D eigenvalue weighted by molar-refractivity contribution is 7.13. The van der Waals surface area contributed by atoms with E-state index in [1.165, 1.54) is 11.1 Å². The number of aliphatic hydroxyl groups excluding tert-OH is 1. The monoisotopic (exact) mass is 1060 g/mol. The van der Waals surface area contributed by atoms with E-state index in [2.05, 4.69) is 41.0 Å². The first-order chi connectivity index (χ1) is 36.2. The molecule has 2 saturated heterocycles. The Hall–Kier alpha value is -7.09. The fourth-order valence-electron chi connectivity index (χ4n) is 9.86. The summed E-state index contributed by atoms with van der Waals surface area (Å²) in [6.45, 7) is 19.5. The number of nitrogens with one attached hydrogen (secondary N) is 6. The molecule has 404 valence electrons. The predicted octanol–water partition coefficient (Wildman–Crippen LogP) is 6.15. The summed E-state index contributed by atoms with van der Waals surface area (Å²) < 4.78 is 0. The van der Waals surface area contributed by atoms with E-state index in [9.17, 15) is 33.9 Å². The average molecular weight is 1060 g/mol. The molecule has 7 rings (SSSR count). The number of carbonyl (C=O) groups is 5. The Labute approximate surface area is 449 Å². The van der Waals surface area contributed by atoms with Crippen molar-refractivity contribution in [3.63, 3.8) is 0 Å². The van der Waals surface area contributed by atoms with E-state index in [0.29, 0.717) is 35.5 Å². The molecule has 2 aromatic carbocycles. The molecule has 0 saturated carbocycles. The number of ketones is 1. The number of Topliss-reactive ketones (excluding diaryl/α,β-unsaturated/α-hetero) is 1. The van der Waals surface area contributed by atoms with Crippen LogP contribution in [-0.4, -0.2) is 129 Å². The third-order valence-corrected chi connectivity index (χ3v) is 15.1. The standard InChI is InChI=1S/C57H73N11O7S/c1-34(2)64-48-25-41(24-44(45(48)28-58)53(72)62-31-46-35(3)23-36(4)65-54(46)73)40-13-15-50(60-30-40)67-21-19-66(20-22-67)18-17-59-51(71)16-14-42(69)26-47(57(6,7)8)56(75)68-32-43(70)27-49(68)55(74)61-29-38-9-11-39(12-10-38)52-37(5)63-33-76-52/h9-13,15,23-25,28,30,33-34,43,47,49,58,64,70H,14,16-22,26-27,29,31-32H2,1-8H3,(H,59,71)(H,61,74)(H,62,72)(H,65,73)/t43-,47-,49+/m1/s1. The number of aliphatic hydroxyl groups is 1. The number of aryl methyl sites for hydroxylation is 3. The Morgan fingerprint density at radius 2 is 1.62 bits per heavy atom. The highest BCUT2D eigenvalue weighted by Gasteiger charge is 2.44. The van der Waals surface area contributed by atoms with Crippen LogP contribution >= 0.6 is 11.3 Å². The topological polar surface area (TPSA) is 246 Å². The zero-order chi connectivity index (χ0) is 54.8. The molecular formula is C57H73N11O7S. The number of aromatic nitrogens is 3. The number of rotatable bonds is 21. The van der Waals surface area contributed by atoms with Crippen LogP contribution in [0.4, 0.5) is 11.5 Å². The maximum atomic E-state index is 14.2. The minimum atomic E-state index is -0.877. The Kier molecular flexibility index (Phi) is 18.8. The number of thiazole rings is 1. The predicted molar refractivity (Wildman–Crippen MR) is 298 cm³/mol. The van der Waals surface area contributed by atoms with Crippen molar-refractivity contribution < 1.29 is 29.1 Å². The number of piperazine rings is 1. The van der Waals surface area contributed by atoms with Crippen LogP contribution in [0.15, 0.2) is 71.1 Å². The molecule has 5 aromatic rings. The van der Waals surface area contributed by atoms with Gasteiger partial charge in [-0.15, -0.1) is 11.3 Å². The van der Waals surface area contributed by atoms with Crippen LogP contribution in [0.2, 0.25) is 0 Å². The third-order valence-electron chi connectivity index (χ3n) is 14.2. The number of anilines is 2. The number of hydrogen-bond acceptors (Lipinski definition) is 14. The largest absolute Gasteiger partial charge is 0.391 e. The first kappa shape index (κ1) is 56.6. The summed E-state index contributed by atoms with van der Waals surface area (Å²) in [5.74, 6) is -1.54. The van der Waals surface area contributed by atoms with Gasteiger partial charge in [0.2, 0.25) is 17.7 Å². The molecule has 0 radical (unpaired) electrons. The number of pyridine rings is 2. The highest BCUT2D eigenvalue weighted by Crippen LogP contribution is 2.35. The first-order valence-corrected chi connectivity index (χ1v) is 27.0. The van der Waals surface area contributed by atoms with Gasteiger partial charge < -0.3 is 46.6 Å². The van der Waals surface area contributed by atoms with Gasteiger partial charge >= 0.3 is 0 Å². The van der Waals surface area contributed by atoms with Gasteiger partial charge in [-0.2, -0.15) is 0 Å². The summed E-state index contributed by atoms with van der Waals surface area (Å²) in [4.78, 5) is 99.3. The number of nitrogens with zero attached hydrogens (tertiary/aromatic N) is 5. The molecule has 7 N–H and O–H groups in total. The van der Waals surface area contributed by atoms with Gasteiger partial charge in [0.25, 0.3) is 11.5 Å². The minimum absolute atomic E-state index is 0.00347. The molecule has 3 aromatic heterocycles. The fourth-order valence-corrected chi connectivity index (χ4v) is 10.7. The highest BCUT2D eigenvalue weighted by atomic mass is 32.1. The van der Waals surface area contributed by atoms with Crippen LogP contribution < -0.4 is 31.7 Å². The molecule has 2 fully saturated rings. The van der Waals surface area contributed by atoms with Gasteiger partial charge in [0.1, 0.15) is 17.6 Å². The summed E-state index contributed by atoms with van der Waals surface area (Å²) in [6.07, 6.45) is 2.06. The molecule has 2 aliphatic rings. The normalized spacial score (nSPS) is 16.3. The van der Waals surface area contributed by atoms with Gasteiger partial charge in [0.15, 0.2) is 0 Å². The molecule has 0 bridgehead atoms. The van der Waals surface area contributed by atoms with Gasteiger partial charge in [-0.25, -0.2) is 9.97 Å². The van der Waals surface area contributed by atoms with E-state index in [1.54, 1.807) is 23.6 Å². The van der Waals surface area contributed by atoms with Crippen molar-refractivity contribution in [2.75, 3.05) is 56.0 Å². The van der Waals surface area contributed by atoms with Crippen molar-refractivity contribution >= 4 is 58.5 Å². The lowest BCUT2D eigenvalue weighted by molar-refractivity contribution is -0.146. The quantitative estimate of drug-likeness (QED) is 0.0409. The van der Waals surface area contributed by atoms with Crippen molar-refractivity contribution in [1.82, 2.24) is 40.7 Å². The Morgan fingerprint density at radius 1 is 0.895 bits per heavy atom. The number of aromatic amines is 1. The second-order valence-corrected chi connectivity index (χ2v) is 22.2. The Balaban J connectivity index is 0.855. The Morgan fingerprint density at radius 3 is 2.25 bits per heavy atom. The molecule has 76 heavy (non-hydrogen) atoms. The van der Waals surface area contributed by atoms with Crippen LogP contribution in [-0.2, 0) is 32.3 Å². The summed E-state index contributed by atoms with van der Waals surface area (Å²) in [6, 6.07) is 16.5. The third kappa shape index (κ3) is 14.4. The van der Waals surface area contributed by atoms with E-state index in [-0.39, 0.29) is 80.4 Å². The number of H-pyrrole nitrogens is 1. The molecule has 5 heterocycles. The van der Waals surface area contributed by atoms with Crippen molar-refractivity contribution in [2.45, 2.75) is 112 Å². The van der Waals surface area contributed by atoms with Crippen LogP contribution in [0.3, 0.4) is 0 Å². The smallest absolute Gasteiger partial charge is 0.253 e. The maximum Gasteiger partial charge on any atom is 0.253 e. The number of benzene rings is 2. The van der Waals surface area contributed by atoms with Crippen molar-refractivity contribution in [2.24, 2.45) is 11.3 Å². The molecule has 19 heteroatoms. The van der Waals surface area contributed by atoms with Gasteiger partial charge in [0.05, 0.1) is 27.7 Å². The molecule has 18 nitrogen and oxygen atoms in total. The molecular weight excluding hydrogens is 983 g/mol. The van der Waals surface area contributed by atoms with Gasteiger partial charge in [0, 0.05) is 137 Å². The number of amides is 4. The van der Waals surface area contributed by atoms with Gasteiger partial charge in [-0.05, 0) is 92.6 Å². The molecule has 0 aliphatic carbocycles. The van der Waals surface area contributed by atoms with Crippen LogP contribution in [0.25, 0.3) is 21.6 Å². The van der Waals surface area contributed by atoms with E-state index in [4.69, 9.17) is 10.4 Å². The fraction of sp³-hybridized carbons (Fsp3) is 0.456.